The van der Waals surface area contributed by atoms with Crippen molar-refractivity contribution in [2.45, 2.75) is 96.9 Å². The third-order valence-electron chi connectivity index (χ3n) is 15.0. The van der Waals surface area contributed by atoms with Crippen LogP contribution in [0.1, 0.15) is 95.2 Å². The van der Waals surface area contributed by atoms with Crippen LogP contribution in [-0.4, -0.2) is 6.71 Å². The Hall–Kier alpha value is -6.00. The lowest BCUT2D eigenvalue weighted by Gasteiger charge is -2.51. The third kappa shape index (κ3) is 5.36. The molecule has 0 fully saturated rings. The molecule has 0 bridgehead atoms. The minimum absolute atomic E-state index is 0.0490. The summed E-state index contributed by atoms with van der Waals surface area (Å²) in [5.74, 6) is 0. The minimum atomic E-state index is -0.307. The van der Waals surface area contributed by atoms with Gasteiger partial charge < -0.3 is 14.7 Å². The average Bonchev–Trinajstić information content (AvgIpc) is 3.46. The largest absolute Gasteiger partial charge is 0.330 e. The minimum Gasteiger partial charge on any atom is -0.330 e. The first kappa shape index (κ1) is 38.0. The van der Waals surface area contributed by atoms with E-state index >= 15 is 0 Å². The Balaban J connectivity index is 1.19. The van der Waals surface area contributed by atoms with Crippen LogP contribution < -0.4 is 31.1 Å². The number of nitrogens with zero attached hydrogens (tertiary/aromatic N) is 3. The lowest BCUT2D eigenvalue weighted by atomic mass is 9.33. The molecule has 2 unspecified atom stereocenters. The van der Waals surface area contributed by atoms with Crippen molar-refractivity contribution in [1.82, 2.24) is 0 Å². The van der Waals surface area contributed by atoms with Gasteiger partial charge in [0.15, 0.2) is 0 Å². The summed E-state index contributed by atoms with van der Waals surface area (Å²) >= 11 is 0. The normalized spacial score (nSPS) is 19.8. The molecule has 7 aromatic rings. The van der Waals surface area contributed by atoms with Gasteiger partial charge in [-0.1, -0.05) is 139 Å². The number of fused-ring (bicyclic) bond motifs is 9. The molecule has 61 heavy (non-hydrogen) atoms. The molecule has 2 atom stereocenters. The second kappa shape index (κ2) is 13.0. The van der Waals surface area contributed by atoms with Gasteiger partial charge in [0, 0.05) is 50.9 Å². The highest BCUT2D eigenvalue weighted by atomic mass is 15.3. The number of hydrogen-bond donors (Lipinski definition) is 0. The van der Waals surface area contributed by atoms with Crippen molar-refractivity contribution in [1.29, 1.82) is 0 Å². The molecule has 4 aliphatic rings. The Bertz CT molecular complexity index is 2900. The molecule has 7 aromatic carbocycles. The monoisotopic (exact) mass is 793 g/mol. The summed E-state index contributed by atoms with van der Waals surface area (Å²) < 4.78 is 0. The summed E-state index contributed by atoms with van der Waals surface area (Å²) in [6, 6.07) is 58.4. The molecule has 3 heterocycles. The van der Waals surface area contributed by atoms with Gasteiger partial charge in [0.05, 0.1) is 5.54 Å². The number of rotatable bonds is 3. The van der Waals surface area contributed by atoms with E-state index < -0.39 is 0 Å². The van der Waals surface area contributed by atoms with Crippen molar-refractivity contribution in [3.8, 4) is 0 Å². The predicted octanol–water partition coefficient (Wildman–Crippen LogP) is 12.9. The number of aryl methyl sites for hydroxylation is 2. The number of para-hydroxylation sites is 2. The molecule has 3 nitrogen and oxygen atoms in total. The standard InChI is InChI=1S/C57H56BN3/c1-37-33-51-53-52(34-37)60(42-26-23-39(24-27-42)54(2,3)4)50-36-43(28-29-47(50)58(53)46-21-15-16-22-49(46)59(51)41-18-11-10-12-19-41)61-48-30-25-40(55(5,6)7)35-45(48)56(8)32-31-38-17-13-14-20-44(38)57(56,61)9/h10-30,33-36H,31-32H2,1-9H3. The van der Waals surface area contributed by atoms with Crippen LogP contribution in [0.5, 0.6) is 0 Å². The first-order valence-corrected chi connectivity index (χ1v) is 22.4. The molecular weight excluding hydrogens is 737 g/mol. The number of benzene rings is 7. The molecule has 0 saturated carbocycles. The summed E-state index contributed by atoms with van der Waals surface area (Å²) in [6.07, 6.45) is 2.18. The van der Waals surface area contributed by atoms with Crippen molar-refractivity contribution < 1.29 is 0 Å². The molecule has 0 spiro atoms. The molecule has 0 saturated heterocycles. The highest BCUT2D eigenvalue weighted by Gasteiger charge is 2.60. The van der Waals surface area contributed by atoms with E-state index in [0.717, 1.165) is 12.8 Å². The fourth-order valence-electron chi connectivity index (χ4n) is 11.6. The average molecular weight is 794 g/mol. The van der Waals surface area contributed by atoms with Crippen molar-refractivity contribution in [2.75, 3.05) is 14.7 Å². The Kier molecular flexibility index (Phi) is 8.10. The van der Waals surface area contributed by atoms with Gasteiger partial charge in [0.1, 0.15) is 0 Å². The van der Waals surface area contributed by atoms with Crippen molar-refractivity contribution in [3.05, 3.63) is 185 Å². The number of hydrogen-bond acceptors (Lipinski definition) is 3. The Labute approximate surface area is 363 Å². The van der Waals surface area contributed by atoms with Gasteiger partial charge >= 0.3 is 0 Å². The SMILES string of the molecule is Cc1cc2c3c(c1)N(c1ccc(C(C)(C)C)cc1)c1cc(N4c5ccc(C(C)(C)C)cc5C5(C)CCc6ccccc6C45C)ccc1B3c1ccccc1N2c1ccccc1. The predicted molar refractivity (Wildman–Crippen MR) is 261 cm³/mol. The molecule has 0 amide bonds. The zero-order chi connectivity index (χ0) is 42.2. The van der Waals surface area contributed by atoms with Crippen LogP contribution in [0.15, 0.2) is 152 Å². The van der Waals surface area contributed by atoms with Gasteiger partial charge in [0.25, 0.3) is 6.71 Å². The maximum Gasteiger partial charge on any atom is 0.252 e. The van der Waals surface area contributed by atoms with Crippen LogP contribution in [-0.2, 0) is 28.2 Å². The van der Waals surface area contributed by atoms with Gasteiger partial charge in [-0.2, -0.15) is 0 Å². The summed E-state index contributed by atoms with van der Waals surface area (Å²) in [6.45, 7) is 21.4. The molecule has 3 aliphatic heterocycles. The molecule has 4 heteroatoms. The summed E-state index contributed by atoms with van der Waals surface area (Å²) in [7, 11) is 0. The van der Waals surface area contributed by atoms with E-state index in [1.165, 1.54) is 95.3 Å². The van der Waals surface area contributed by atoms with Crippen LogP contribution >= 0.6 is 0 Å². The van der Waals surface area contributed by atoms with Crippen LogP contribution in [0.25, 0.3) is 0 Å². The Morgan fingerprint density at radius 3 is 1.80 bits per heavy atom. The van der Waals surface area contributed by atoms with Gasteiger partial charge in [-0.05, 0) is 148 Å². The van der Waals surface area contributed by atoms with E-state index in [9.17, 15) is 0 Å². The van der Waals surface area contributed by atoms with Gasteiger partial charge in [-0.3, -0.25) is 0 Å². The zero-order valence-electron chi connectivity index (χ0n) is 37.3. The fourth-order valence-corrected chi connectivity index (χ4v) is 11.6. The van der Waals surface area contributed by atoms with Crippen LogP contribution in [0.4, 0.5) is 45.5 Å². The second-order valence-electron chi connectivity index (χ2n) is 20.6. The van der Waals surface area contributed by atoms with Crippen LogP contribution in [0, 0.1) is 6.92 Å². The van der Waals surface area contributed by atoms with E-state index in [1.54, 1.807) is 0 Å². The lowest BCUT2D eigenvalue weighted by Crippen LogP contribution is -2.61. The zero-order valence-corrected chi connectivity index (χ0v) is 37.3. The maximum absolute atomic E-state index is 2.73. The highest BCUT2D eigenvalue weighted by molar-refractivity contribution is 7.00. The van der Waals surface area contributed by atoms with E-state index in [2.05, 4.69) is 229 Å². The molecule has 1 aliphatic carbocycles. The quantitative estimate of drug-likeness (QED) is 0.165. The lowest BCUT2D eigenvalue weighted by molar-refractivity contribution is 0.245. The van der Waals surface area contributed by atoms with E-state index in [0.29, 0.717) is 0 Å². The summed E-state index contributed by atoms with van der Waals surface area (Å²) in [5, 5.41) is 0. The Morgan fingerprint density at radius 1 is 0.492 bits per heavy atom. The topological polar surface area (TPSA) is 9.72 Å². The van der Waals surface area contributed by atoms with Crippen molar-refractivity contribution in [3.63, 3.8) is 0 Å². The molecule has 0 N–H and O–H groups in total. The molecule has 0 radical (unpaired) electrons. The van der Waals surface area contributed by atoms with Crippen molar-refractivity contribution in [2.24, 2.45) is 0 Å². The van der Waals surface area contributed by atoms with Gasteiger partial charge in [-0.25, -0.2) is 0 Å². The molecule has 302 valence electrons. The first-order valence-electron chi connectivity index (χ1n) is 22.4. The first-order chi connectivity index (χ1) is 29.2. The van der Waals surface area contributed by atoms with Gasteiger partial charge in [-0.15, -0.1) is 0 Å². The van der Waals surface area contributed by atoms with E-state index in [4.69, 9.17) is 0 Å². The van der Waals surface area contributed by atoms with Gasteiger partial charge in [0.2, 0.25) is 0 Å². The fraction of sp³-hybridized carbons (Fsp3) is 0.263. The second-order valence-corrected chi connectivity index (χ2v) is 20.6. The maximum atomic E-state index is 2.73. The summed E-state index contributed by atoms with van der Waals surface area (Å²) in [4.78, 5) is 7.81. The Morgan fingerprint density at radius 2 is 1.08 bits per heavy atom. The highest BCUT2D eigenvalue weighted by Crippen LogP contribution is 2.64. The molecule has 11 rings (SSSR count). The van der Waals surface area contributed by atoms with E-state index in [1.807, 2.05) is 0 Å². The molecular formula is C57H56BN3. The smallest absolute Gasteiger partial charge is 0.252 e. The van der Waals surface area contributed by atoms with E-state index in [-0.39, 0.29) is 28.5 Å². The van der Waals surface area contributed by atoms with Crippen LogP contribution in [0.3, 0.4) is 0 Å². The molecule has 0 aromatic heterocycles. The summed E-state index contributed by atoms with van der Waals surface area (Å²) in [5.41, 5.74) is 22.0. The third-order valence-corrected chi connectivity index (χ3v) is 15.0. The van der Waals surface area contributed by atoms with Crippen molar-refractivity contribution >= 4 is 68.6 Å². The number of anilines is 8. The van der Waals surface area contributed by atoms with Crippen LogP contribution in [0.2, 0.25) is 0 Å².